The summed E-state index contributed by atoms with van der Waals surface area (Å²) >= 11 is 0. The van der Waals surface area contributed by atoms with Crippen molar-refractivity contribution in [2.45, 2.75) is 96.3 Å². The smallest absolute Gasteiger partial charge is 0 e. The fraction of sp³-hybridized carbons (Fsp3) is 0.952. The van der Waals surface area contributed by atoms with E-state index in [0.717, 1.165) is 29.6 Å². The number of hydrogen-bond donors (Lipinski definition) is 0. The molecule has 1 heteroatoms. The predicted octanol–water partition coefficient (Wildman–Crippen LogP) is 6.79. The Morgan fingerprint density at radius 2 is 0.864 bits per heavy atom. The molecular formula is C21H37Y-. The SMILES string of the molecule is [CH2-]C1CCC(CC2CCC(CC3CCCCC3)CC2)CC1.[Y]. The molecule has 1 radical (unpaired) electrons. The molecule has 0 aliphatic heterocycles. The van der Waals surface area contributed by atoms with Gasteiger partial charge in [0.1, 0.15) is 0 Å². The second kappa shape index (κ2) is 10.2. The van der Waals surface area contributed by atoms with Crippen molar-refractivity contribution in [2.75, 3.05) is 0 Å². The maximum atomic E-state index is 4.24. The predicted molar refractivity (Wildman–Crippen MR) is 92.1 cm³/mol. The van der Waals surface area contributed by atoms with Crippen LogP contribution in [0.4, 0.5) is 0 Å². The Balaban J connectivity index is 0.00000176. The number of rotatable bonds is 4. The molecule has 0 saturated heterocycles. The van der Waals surface area contributed by atoms with E-state index in [1.165, 1.54) is 44.9 Å². The van der Waals surface area contributed by atoms with Crippen molar-refractivity contribution in [2.24, 2.45) is 29.6 Å². The van der Waals surface area contributed by atoms with Gasteiger partial charge < -0.3 is 6.92 Å². The molecule has 3 fully saturated rings. The normalized spacial score (nSPS) is 37.5. The minimum Gasteiger partial charge on any atom is -0.340 e. The fourth-order valence-electron chi connectivity index (χ4n) is 5.54. The van der Waals surface area contributed by atoms with Gasteiger partial charge in [-0.25, -0.2) is 0 Å². The van der Waals surface area contributed by atoms with Gasteiger partial charge in [-0.3, -0.25) is 0 Å². The standard InChI is InChI=1S/C21H37.Y/c1-17-7-9-19(10-8-17)16-21-13-11-20(12-14-21)15-18-5-3-2-4-6-18;/h17-21H,1-16H2;/q-1;. The van der Waals surface area contributed by atoms with Gasteiger partial charge in [-0.15, -0.1) is 0 Å². The molecule has 3 rings (SSSR count). The molecule has 125 valence electrons. The molecule has 0 bridgehead atoms. The Bertz CT molecular complexity index is 278. The van der Waals surface area contributed by atoms with Crippen LogP contribution in [0.3, 0.4) is 0 Å². The second-order valence-electron chi connectivity index (χ2n) is 8.75. The van der Waals surface area contributed by atoms with E-state index in [1.54, 1.807) is 51.4 Å². The van der Waals surface area contributed by atoms with E-state index in [1.807, 2.05) is 0 Å². The van der Waals surface area contributed by atoms with Crippen molar-refractivity contribution < 1.29 is 32.7 Å². The molecule has 22 heavy (non-hydrogen) atoms. The van der Waals surface area contributed by atoms with E-state index in [-0.39, 0.29) is 32.7 Å². The van der Waals surface area contributed by atoms with Crippen LogP contribution < -0.4 is 0 Å². The van der Waals surface area contributed by atoms with Gasteiger partial charge in [-0.1, -0.05) is 83.5 Å². The molecule has 0 aromatic carbocycles. The summed E-state index contributed by atoms with van der Waals surface area (Å²) in [5.74, 6) is 5.11. The van der Waals surface area contributed by atoms with Crippen molar-refractivity contribution in [1.29, 1.82) is 0 Å². The van der Waals surface area contributed by atoms with Crippen molar-refractivity contribution in [3.63, 3.8) is 0 Å². The van der Waals surface area contributed by atoms with E-state index in [4.69, 9.17) is 0 Å². The van der Waals surface area contributed by atoms with Crippen LogP contribution in [-0.4, -0.2) is 0 Å². The van der Waals surface area contributed by atoms with E-state index in [0.29, 0.717) is 0 Å². The minimum absolute atomic E-state index is 0. The molecule has 0 unspecified atom stereocenters. The topological polar surface area (TPSA) is 0 Å². The largest absolute Gasteiger partial charge is 0.340 e. The first-order chi connectivity index (χ1) is 10.3. The van der Waals surface area contributed by atoms with Crippen molar-refractivity contribution in [3.05, 3.63) is 6.92 Å². The molecule has 0 aromatic heterocycles. The quantitative estimate of drug-likeness (QED) is 0.472. The van der Waals surface area contributed by atoms with Crippen LogP contribution in [0.15, 0.2) is 0 Å². The average molecular weight is 378 g/mol. The maximum absolute atomic E-state index is 4.24. The third-order valence-corrected chi connectivity index (χ3v) is 6.99. The minimum atomic E-state index is 0. The molecular weight excluding hydrogens is 341 g/mol. The Kier molecular flexibility index (Phi) is 8.99. The summed E-state index contributed by atoms with van der Waals surface area (Å²) in [6.45, 7) is 4.24. The van der Waals surface area contributed by atoms with Gasteiger partial charge in [-0.2, -0.15) is 5.92 Å². The van der Waals surface area contributed by atoms with Crippen LogP contribution in [0.2, 0.25) is 0 Å². The van der Waals surface area contributed by atoms with Crippen molar-refractivity contribution in [1.82, 2.24) is 0 Å². The molecule has 3 saturated carbocycles. The molecule has 0 heterocycles. The van der Waals surface area contributed by atoms with Crippen LogP contribution in [0.5, 0.6) is 0 Å². The first-order valence-electron chi connectivity index (χ1n) is 10.1. The van der Waals surface area contributed by atoms with Gasteiger partial charge in [0, 0.05) is 32.7 Å². The summed E-state index contributed by atoms with van der Waals surface area (Å²) in [4.78, 5) is 0. The van der Waals surface area contributed by atoms with Gasteiger partial charge in [-0.05, 0) is 36.5 Å². The van der Waals surface area contributed by atoms with Crippen LogP contribution in [-0.2, 0) is 32.7 Å². The van der Waals surface area contributed by atoms with Crippen molar-refractivity contribution >= 4 is 0 Å². The second-order valence-corrected chi connectivity index (χ2v) is 8.75. The first kappa shape index (κ1) is 19.4. The molecule has 0 amide bonds. The Morgan fingerprint density at radius 1 is 0.500 bits per heavy atom. The zero-order valence-electron chi connectivity index (χ0n) is 14.8. The molecule has 0 atom stereocenters. The first-order valence-corrected chi connectivity index (χ1v) is 10.1. The van der Waals surface area contributed by atoms with E-state index < -0.39 is 0 Å². The third-order valence-electron chi connectivity index (χ3n) is 6.99. The monoisotopic (exact) mass is 378 g/mol. The van der Waals surface area contributed by atoms with E-state index >= 15 is 0 Å². The summed E-state index contributed by atoms with van der Waals surface area (Å²) in [6.07, 6.45) is 22.8. The summed E-state index contributed by atoms with van der Waals surface area (Å²) in [5, 5.41) is 0. The average Bonchev–Trinajstić information content (AvgIpc) is 2.53. The molecule has 0 spiro atoms. The van der Waals surface area contributed by atoms with Gasteiger partial charge in [0.15, 0.2) is 0 Å². The third kappa shape index (κ3) is 6.20. The van der Waals surface area contributed by atoms with Crippen LogP contribution in [0.1, 0.15) is 96.3 Å². The molecule has 0 N–H and O–H groups in total. The molecule has 0 aromatic rings. The van der Waals surface area contributed by atoms with Crippen LogP contribution >= 0.6 is 0 Å². The zero-order valence-corrected chi connectivity index (χ0v) is 17.6. The van der Waals surface area contributed by atoms with E-state index in [9.17, 15) is 0 Å². The summed E-state index contributed by atoms with van der Waals surface area (Å²) in [7, 11) is 0. The van der Waals surface area contributed by atoms with Crippen LogP contribution in [0, 0.1) is 36.5 Å². The Labute approximate surface area is 164 Å². The maximum Gasteiger partial charge on any atom is 0 e. The number of hydrogen-bond acceptors (Lipinski definition) is 0. The zero-order chi connectivity index (χ0) is 14.5. The summed E-state index contributed by atoms with van der Waals surface area (Å²) in [5.41, 5.74) is 0. The molecule has 3 aliphatic carbocycles. The van der Waals surface area contributed by atoms with E-state index in [2.05, 4.69) is 6.92 Å². The summed E-state index contributed by atoms with van der Waals surface area (Å²) < 4.78 is 0. The van der Waals surface area contributed by atoms with Gasteiger partial charge in [0.25, 0.3) is 0 Å². The van der Waals surface area contributed by atoms with Crippen molar-refractivity contribution in [3.8, 4) is 0 Å². The van der Waals surface area contributed by atoms with Crippen LogP contribution in [0.25, 0.3) is 0 Å². The Hall–Kier alpha value is 1.10. The fourth-order valence-corrected chi connectivity index (χ4v) is 5.54. The van der Waals surface area contributed by atoms with Gasteiger partial charge in [0.2, 0.25) is 0 Å². The Morgan fingerprint density at radius 3 is 1.32 bits per heavy atom. The van der Waals surface area contributed by atoms with Gasteiger partial charge in [0.05, 0.1) is 0 Å². The molecule has 0 nitrogen and oxygen atoms in total. The van der Waals surface area contributed by atoms with Gasteiger partial charge >= 0.3 is 0 Å². The molecule has 3 aliphatic rings. The summed E-state index contributed by atoms with van der Waals surface area (Å²) in [6, 6.07) is 0.